The number of carbonyl (C=O) groups is 2. The summed E-state index contributed by atoms with van der Waals surface area (Å²) in [5.74, 6) is 0.868. The lowest BCUT2D eigenvalue weighted by Gasteiger charge is -2.26. The number of primary amides is 1. The number of carbonyl (C=O) groups excluding carboxylic acids is 2. The van der Waals surface area contributed by atoms with Crippen molar-refractivity contribution in [1.82, 2.24) is 15.5 Å². The van der Waals surface area contributed by atoms with E-state index in [0.717, 1.165) is 24.4 Å². The Morgan fingerprint density at radius 1 is 1.18 bits per heavy atom. The van der Waals surface area contributed by atoms with Crippen LogP contribution in [0.15, 0.2) is 47.1 Å². The molecule has 0 unspecified atom stereocenters. The summed E-state index contributed by atoms with van der Waals surface area (Å²) >= 11 is 0. The topological polar surface area (TPSA) is 113 Å². The molecule has 0 bridgehead atoms. The molecular formula is C20H27N5O3. The smallest absolute Gasteiger partial charge is 0.316 e. The summed E-state index contributed by atoms with van der Waals surface area (Å²) in [4.78, 5) is 25.6. The fourth-order valence-electron chi connectivity index (χ4n) is 3.46. The third-order valence-electron chi connectivity index (χ3n) is 4.93. The molecule has 0 aliphatic carbocycles. The molecule has 2 heterocycles. The van der Waals surface area contributed by atoms with Crippen LogP contribution in [0.1, 0.15) is 43.2 Å². The van der Waals surface area contributed by atoms with Crippen LogP contribution in [-0.4, -0.2) is 36.6 Å². The quantitative estimate of drug-likeness (QED) is 0.587. The molecule has 1 aromatic carbocycles. The first-order chi connectivity index (χ1) is 13.5. The van der Waals surface area contributed by atoms with Crippen LogP contribution in [0.2, 0.25) is 0 Å². The summed E-state index contributed by atoms with van der Waals surface area (Å²) in [6, 6.07) is 10.0. The van der Waals surface area contributed by atoms with Gasteiger partial charge in [-0.2, -0.15) is 0 Å². The number of nitrogens with one attached hydrogen (secondary N) is 3. The van der Waals surface area contributed by atoms with Gasteiger partial charge in [0.25, 0.3) is 0 Å². The van der Waals surface area contributed by atoms with E-state index < -0.39 is 6.03 Å². The maximum absolute atomic E-state index is 12.4. The highest BCUT2D eigenvalue weighted by Crippen LogP contribution is 2.25. The highest BCUT2D eigenvalue weighted by atomic mass is 16.3. The normalized spacial score (nSPS) is 16.3. The number of furan rings is 1. The molecule has 1 saturated heterocycles. The zero-order valence-electron chi connectivity index (χ0n) is 16.0. The van der Waals surface area contributed by atoms with Crippen molar-refractivity contribution < 1.29 is 14.0 Å². The number of anilines is 1. The Kier molecular flexibility index (Phi) is 6.54. The SMILES string of the molecule is C[C@@H](NC(=O)NC[C@H](c1ccco1)N1CCCC1)c1ccc(NC(N)=O)cc1. The van der Waals surface area contributed by atoms with Crippen molar-refractivity contribution in [2.45, 2.75) is 31.8 Å². The third kappa shape index (κ3) is 5.26. The number of likely N-dealkylation sites (tertiary alicyclic amines) is 1. The molecule has 5 N–H and O–H groups in total. The Balaban J connectivity index is 1.53. The number of urea groups is 2. The second kappa shape index (κ2) is 9.27. The van der Waals surface area contributed by atoms with Gasteiger partial charge in [0.05, 0.1) is 18.3 Å². The predicted octanol–water partition coefficient (Wildman–Crippen LogP) is 2.97. The van der Waals surface area contributed by atoms with Crippen molar-refractivity contribution in [1.29, 1.82) is 0 Å². The van der Waals surface area contributed by atoms with Crippen LogP contribution in [0, 0.1) is 0 Å². The van der Waals surface area contributed by atoms with E-state index in [9.17, 15) is 9.59 Å². The first-order valence-corrected chi connectivity index (χ1v) is 9.51. The van der Waals surface area contributed by atoms with Gasteiger partial charge in [0.15, 0.2) is 0 Å². The average Bonchev–Trinajstić information content (AvgIpc) is 3.36. The summed E-state index contributed by atoms with van der Waals surface area (Å²) in [5, 5.41) is 8.41. The van der Waals surface area contributed by atoms with E-state index in [1.54, 1.807) is 18.4 Å². The van der Waals surface area contributed by atoms with Crippen LogP contribution < -0.4 is 21.7 Å². The lowest BCUT2D eigenvalue weighted by molar-refractivity contribution is 0.202. The van der Waals surface area contributed by atoms with Crippen molar-refractivity contribution in [2.24, 2.45) is 5.73 Å². The van der Waals surface area contributed by atoms with E-state index in [1.165, 1.54) is 12.8 Å². The lowest BCUT2D eigenvalue weighted by Crippen LogP contribution is -2.42. The van der Waals surface area contributed by atoms with E-state index in [-0.39, 0.29) is 18.1 Å². The van der Waals surface area contributed by atoms with Crippen molar-refractivity contribution in [3.63, 3.8) is 0 Å². The number of nitrogens with zero attached hydrogens (tertiary/aromatic N) is 1. The van der Waals surface area contributed by atoms with Gasteiger partial charge in [0.1, 0.15) is 5.76 Å². The summed E-state index contributed by atoms with van der Waals surface area (Å²) < 4.78 is 5.58. The van der Waals surface area contributed by atoms with Crippen LogP contribution >= 0.6 is 0 Å². The van der Waals surface area contributed by atoms with E-state index in [1.807, 2.05) is 31.2 Å². The van der Waals surface area contributed by atoms with Crippen molar-refractivity contribution in [3.8, 4) is 0 Å². The summed E-state index contributed by atoms with van der Waals surface area (Å²) in [6.07, 6.45) is 4.00. The number of hydrogen-bond acceptors (Lipinski definition) is 4. The summed E-state index contributed by atoms with van der Waals surface area (Å²) in [6.45, 7) is 4.40. The minimum atomic E-state index is -0.609. The molecule has 1 aliphatic heterocycles. The second-order valence-corrected chi connectivity index (χ2v) is 6.96. The van der Waals surface area contributed by atoms with E-state index in [2.05, 4.69) is 20.9 Å². The Morgan fingerprint density at radius 3 is 2.50 bits per heavy atom. The Morgan fingerprint density at radius 2 is 1.89 bits per heavy atom. The number of nitrogens with two attached hydrogens (primary N) is 1. The molecule has 150 valence electrons. The molecule has 8 nitrogen and oxygen atoms in total. The molecule has 0 radical (unpaired) electrons. The van der Waals surface area contributed by atoms with Crippen molar-refractivity contribution in [3.05, 3.63) is 54.0 Å². The molecular weight excluding hydrogens is 358 g/mol. The zero-order valence-corrected chi connectivity index (χ0v) is 16.0. The first-order valence-electron chi connectivity index (χ1n) is 9.51. The molecule has 1 aliphatic rings. The maximum Gasteiger partial charge on any atom is 0.316 e. The van der Waals surface area contributed by atoms with Crippen molar-refractivity contribution >= 4 is 17.7 Å². The largest absolute Gasteiger partial charge is 0.468 e. The molecule has 2 aromatic rings. The van der Waals surface area contributed by atoms with Gasteiger partial charge in [-0.25, -0.2) is 9.59 Å². The predicted molar refractivity (Wildman–Crippen MR) is 107 cm³/mol. The molecule has 0 saturated carbocycles. The molecule has 3 rings (SSSR count). The first kappa shape index (κ1) is 19.8. The molecule has 4 amide bonds. The summed E-state index contributed by atoms with van der Waals surface area (Å²) in [5.41, 5.74) is 6.64. The molecule has 8 heteroatoms. The molecule has 2 atom stereocenters. The van der Waals surface area contributed by atoms with Gasteiger partial charge < -0.3 is 26.1 Å². The van der Waals surface area contributed by atoms with Gasteiger partial charge in [-0.15, -0.1) is 0 Å². The van der Waals surface area contributed by atoms with Gasteiger partial charge in [-0.1, -0.05) is 12.1 Å². The Bertz CT molecular complexity index is 770. The highest BCUT2D eigenvalue weighted by Gasteiger charge is 2.26. The average molecular weight is 385 g/mol. The third-order valence-corrected chi connectivity index (χ3v) is 4.93. The van der Waals surface area contributed by atoms with Crippen LogP contribution in [-0.2, 0) is 0 Å². The standard InChI is InChI=1S/C20H27N5O3/c1-14(15-6-8-16(9-7-15)24-19(21)26)23-20(27)22-13-17(18-5-4-12-28-18)25-10-2-3-11-25/h4-9,12,14,17H,2-3,10-11,13H2,1H3,(H3,21,24,26)(H2,22,23,27)/t14-,17-/m1/s1. The Labute approximate surface area is 164 Å². The molecule has 1 fully saturated rings. The minimum absolute atomic E-state index is 0.0395. The lowest BCUT2D eigenvalue weighted by atomic mass is 10.1. The number of amides is 4. The maximum atomic E-state index is 12.4. The van der Waals surface area contributed by atoms with Crippen molar-refractivity contribution in [2.75, 3.05) is 25.0 Å². The van der Waals surface area contributed by atoms with Crippen LogP contribution in [0.4, 0.5) is 15.3 Å². The van der Waals surface area contributed by atoms with E-state index >= 15 is 0 Å². The minimum Gasteiger partial charge on any atom is -0.468 e. The van der Waals surface area contributed by atoms with Gasteiger partial charge >= 0.3 is 12.1 Å². The van der Waals surface area contributed by atoms with Crippen LogP contribution in [0.3, 0.4) is 0 Å². The van der Waals surface area contributed by atoms with E-state index in [4.69, 9.17) is 10.2 Å². The van der Waals surface area contributed by atoms with Gasteiger partial charge in [-0.05, 0) is 62.7 Å². The van der Waals surface area contributed by atoms with E-state index in [0.29, 0.717) is 12.2 Å². The number of benzene rings is 1. The van der Waals surface area contributed by atoms with Gasteiger partial charge in [0, 0.05) is 12.2 Å². The molecule has 28 heavy (non-hydrogen) atoms. The fraction of sp³-hybridized carbons (Fsp3) is 0.400. The van der Waals surface area contributed by atoms with Gasteiger partial charge in [0.2, 0.25) is 0 Å². The van der Waals surface area contributed by atoms with Gasteiger partial charge in [-0.3, -0.25) is 4.90 Å². The molecule has 1 aromatic heterocycles. The zero-order chi connectivity index (χ0) is 19.9. The Hall–Kier alpha value is -3.00. The van der Waals surface area contributed by atoms with Crippen LogP contribution in [0.5, 0.6) is 0 Å². The fourth-order valence-corrected chi connectivity index (χ4v) is 3.46. The number of hydrogen-bond donors (Lipinski definition) is 4. The molecule has 0 spiro atoms. The second-order valence-electron chi connectivity index (χ2n) is 6.96. The number of rotatable bonds is 7. The van der Waals surface area contributed by atoms with Crippen LogP contribution in [0.25, 0.3) is 0 Å². The monoisotopic (exact) mass is 385 g/mol. The highest BCUT2D eigenvalue weighted by molar-refractivity contribution is 5.87. The summed E-state index contributed by atoms with van der Waals surface area (Å²) in [7, 11) is 0.